The summed E-state index contributed by atoms with van der Waals surface area (Å²) in [6, 6.07) is 6.95. The van der Waals surface area contributed by atoms with Crippen LogP contribution in [0.1, 0.15) is 36.8 Å². The Hall–Kier alpha value is -1.21. The molecule has 0 radical (unpaired) electrons. The summed E-state index contributed by atoms with van der Waals surface area (Å²) in [5, 5.41) is 3.06. The highest BCUT2D eigenvalue weighted by Crippen LogP contribution is 2.23. The maximum Gasteiger partial charge on any atom is 0.256 e. The number of anilines is 1. The summed E-state index contributed by atoms with van der Waals surface area (Å²) in [6.45, 7) is 6.07. The molecular formula is C15H15ClIN3O. The quantitative estimate of drug-likeness (QED) is 0.588. The molecule has 1 N–H and O–H groups in total. The Bertz CT molecular complexity index is 666. The van der Waals surface area contributed by atoms with Gasteiger partial charge in [-0.05, 0) is 46.9 Å². The van der Waals surface area contributed by atoms with Crippen LogP contribution in [0.3, 0.4) is 0 Å². The maximum atomic E-state index is 12.3. The summed E-state index contributed by atoms with van der Waals surface area (Å²) < 4.78 is 1.01. The SMILES string of the molecule is CC(C)(C)c1cc(C(=O)Nc2ccc(I)cn2)cc(Cl)n1. The van der Waals surface area contributed by atoms with Gasteiger partial charge in [-0.15, -0.1) is 0 Å². The number of aromatic nitrogens is 2. The third-order valence-electron chi connectivity index (χ3n) is 2.79. The van der Waals surface area contributed by atoms with Crippen LogP contribution in [0, 0.1) is 3.57 Å². The summed E-state index contributed by atoms with van der Waals surface area (Å²) in [5.74, 6) is 0.254. The second-order valence-electron chi connectivity index (χ2n) is 5.63. The minimum Gasteiger partial charge on any atom is -0.307 e. The average Bonchev–Trinajstić information content (AvgIpc) is 2.39. The fourth-order valence-corrected chi connectivity index (χ4v) is 2.18. The zero-order valence-electron chi connectivity index (χ0n) is 11.9. The number of halogens is 2. The van der Waals surface area contributed by atoms with Crippen LogP contribution in [0.4, 0.5) is 5.82 Å². The third kappa shape index (κ3) is 4.38. The van der Waals surface area contributed by atoms with Gasteiger partial charge in [-0.2, -0.15) is 0 Å². The lowest BCUT2D eigenvalue weighted by Crippen LogP contribution is -2.18. The zero-order valence-corrected chi connectivity index (χ0v) is 14.9. The van der Waals surface area contributed by atoms with E-state index < -0.39 is 0 Å². The van der Waals surface area contributed by atoms with E-state index in [1.165, 1.54) is 0 Å². The van der Waals surface area contributed by atoms with E-state index in [1.807, 2.05) is 26.8 Å². The standard InChI is InChI=1S/C15H15ClIN3O/c1-15(2,3)11-6-9(7-12(16)19-11)14(21)20-13-5-4-10(17)8-18-13/h4-8H,1-3H3,(H,18,20,21). The number of nitrogens with zero attached hydrogens (tertiary/aromatic N) is 2. The Morgan fingerprint density at radius 3 is 2.57 bits per heavy atom. The Balaban J connectivity index is 2.27. The lowest BCUT2D eigenvalue weighted by Gasteiger charge is -2.18. The van der Waals surface area contributed by atoms with Gasteiger partial charge in [-0.1, -0.05) is 32.4 Å². The minimum atomic E-state index is -0.251. The molecule has 0 bridgehead atoms. The van der Waals surface area contributed by atoms with E-state index in [-0.39, 0.29) is 11.3 Å². The minimum absolute atomic E-state index is 0.180. The molecule has 110 valence electrons. The van der Waals surface area contributed by atoms with Gasteiger partial charge in [0.1, 0.15) is 11.0 Å². The van der Waals surface area contributed by atoms with Gasteiger partial charge < -0.3 is 5.32 Å². The summed E-state index contributed by atoms with van der Waals surface area (Å²) in [6.07, 6.45) is 1.69. The lowest BCUT2D eigenvalue weighted by molar-refractivity contribution is 0.102. The van der Waals surface area contributed by atoms with Crippen LogP contribution < -0.4 is 5.32 Å². The molecule has 0 saturated heterocycles. The summed E-state index contributed by atoms with van der Waals surface area (Å²) in [4.78, 5) is 20.7. The van der Waals surface area contributed by atoms with Crippen molar-refractivity contribution in [1.82, 2.24) is 9.97 Å². The maximum absolute atomic E-state index is 12.3. The smallest absolute Gasteiger partial charge is 0.256 e. The van der Waals surface area contributed by atoms with Crippen molar-refractivity contribution < 1.29 is 4.79 Å². The number of hydrogen-bond acceptors (Lipinski definition) is 3. The molecule has 21 heavy (non-hydrogen) atoms. The lowest BCUT2D eigenvalue weighted by atomic mass is 9.91. The van der Waals surface area contributed by atoms with Crippen LogP contribution in [0.5, 0.6) is 0 Å². The number of hydrogen-bond donors (Lipinski definition) is 1. The van der Waals surface area contributed by atoms with Crippen LogP contribution in [0.25, 0.3) is 0 Å². The van der Waals surface area contributed by atoms with Crippen LogP contribution in [0.2, 0.25) is 5.15 Å². The summed E-state index contributed by atoms with van der Waals surface area (Å²) in [7, 11) is 0. The molecule has 0 fully saturated rings. The van der Waals surface area contributed by atoms with Gasteiger partial charge in [0.2, 0.25) is 0 Å². The molecule has 2 aromatic heterocycles. The molecule has 0 aliphatic rings. The second-order valence-corrected chi connectivity index (χ2v) is 7.26. The second kappa shape index (κ2) is 6.27. The van der Waals surface area contributed by atoms with Gasteiger partial charge in [0, 0.05) is 26.4 Å². The van der Waals surface area contributed by atoms with Crippen molar-refractivity contribution in [3.05, 3.63) is 50.4 Å². The molecule has 2 aromatic rings. The largest absolute Gasteiger partial charge is 0.307 e. The van der Waals surface area contributed by atoms with E-state index in [0.29, 0.717) is 16.5 Å². The molecule has 0 saturated carbocycles. The third-order valence-corrected chi connectivity index (χ3v) is 3.63. The van der Waals surface area contributed by atoms with Crippen LogP contribution in [-0.2, 0) is 5.41 Å². The molecule has 0 spiro atoms. The molecule has 4 nitrogen and oxygen atoms in total. The zero-order chi connectivity index (χ0) is 15.6. The summed E-state index contributed by atoms with van der Waals surface area (Å²) in [5.41, 5.74) is 1.07. The normalized spacial score (nSPS) is 11.3. The molecule has 2 rings (SSSR count). The van der Waals surface area contributed by atoms with E-state index in [2.05, 4.69) is 37.9 Å². The molecule has 0 aliphatic heterocycles. The first kappa shape index (κ1) is 16.2. The van der Waals surface area contributed by atoms with E-state index >= 15 is 0 Å². The highest BCUT2D eigenvalue weighted by Gasteiger charge is 2.19. The average molecular weight is 416 g/mol. The van der Waals surface area contributed by atoms with Crippen LogP contribution in [0.15, 0.2) is 30.5 Å². The first-order valence-corrected chi connectivity index (χ1v) is 7.82. The first-order chi connectivity index (χ1) is 9.75. The molecule has 2 heterocycles. The molecular weight excluding hydrogens is 401 g/mol. The molecule has 6 heteroatoms. The van der Waals surface area contributed by atoms with Crippen molar-refractivity contribution in [1.29, 1.82) is 0 Å². The van der Waals surface area contributed by atoms with Gasteiger partial charge in [-0.25, -0.2) is 9.97 Å². The fraction of sp³-hybridized carbons (Fsp3) is 0.267. The number of carbonyl (C=O) groups excluding carboxylic acids is 1. The van der Waals surface area contributed by atoms with Crippen molar-refractivity contribution in [2.75, 3.05) is 5.32 Å². The predicted octanol–water partition coefficient (Wildman–Crippen LogP) is 4.28. The monoisotopic (exact) mass is 415 g/mol. The number of nitrogens with one attached hydrogen (secondary N) is 1. The van der Waals surface area contributed by atoms with Crippen molar-refractivity contribution in [3.8, 4) is 0 Å². The Morgan fingerprint density at radius 2 is 2.00 bits per heavy atom. The van der Waals surface area contributed by atoms with Crippen molar-refractivity contribution in [2.45, 2.75) is 26.2 Å². The number of pyridine rings is 2. The van der Waals surface area contributed by atoms with Crippen molar-refractivity contribution in [3.63, 3.8) is 0 Å². The molecule has 0 aliphatic carbocycles. The van der Waals surface area contributed by atoms with E-state index in [4.69, 9.17) is 11.6 Å². The van der Waals surface area contributed by atoms with Crippen LogP contribution >= 0.6 is 34.2 Å². The number of rotatable bonds is 2. The highest BCUT2D eigenvalue weighted by atomic mass is 127. The molecule has 1 amide bonds. The Labute approximate surface area is 142 Å². The van der Waals surface area contributed by atoms with Crippen molar-refractivity contribution in [2.24, 2.45) is 0 Å². The van der Waals surface area contributed by atoms with E-state index in [9.17, 15) is 4.79 Å². The summed E-state index contributed by atoms with van der Waals surface area (Å²) >= 11 is 8.17. The number of amides is 1. The molecule has 0 aromatic carbocycles. The van der Waals surface area contributed by atoms with Gasteiger partial charge in [0.05, 0.1) is 0 Å². The van der Waals surface area contributed by atoms with E-state index in [0.717, 1.165) is 9.26 Å². The van der Waals surface area contributed by atoms with Gasteiger partial charge in [0.15, 0.2) is 0 Å². The molecule has 0 atom stereocenters. The number of carbonyl (C=O) groups is 1. The fourth-order valence-electron chi connectivity index (χ4n) is 1.65. The van der Waals surface area contributed by atoms with Gasteiger partial charge >= 0.3 is 0 Å². The van der Waals surface area contributed by atoms with E-state index in [1.54, 1.807) is 24.4 Å². The first-order valence-electron chi connectivity index (χ1n) is 6.37. The molecule has 0 unspecified atom stereocenters. The topological polar surface area (TPSA) is 54.9 Å². The van der Waals surface area contributed by atoms with Gasteiger partial charge in [-0.3, -0.25) is 4.79 Å². The Kier molecular flexibility index (Phi) is 4.83. The predicted molar refractivity (Wildman–Crippen MR) is 92.9 cm³/mol. The van der Waals surface area contributed by atoms with Gasteiger partial charge in [0.25, 0.3) is 5.91 Å². The van der Waals surface area contributed by atoms with Crippen LogP contribution in [-0.4, -0.2) is 15.9 Å². The van der Waals surface area contributed by atoms with Crippen molar-refractivity contribution >= 4 is 45.9 Å². The Morgan fingerprint density at radius 1 is 1.29 bits per heavy atom. The highest BCUT2D eigenvalue weighted by molar-refractivity contribution is 14.1.